The highest BCUT2D eigenvalue weighted by atomic mass is 16.5. The molecule has 1 atom stereocenters. The molecule has 0 amide bonds. The van der Waals surface area contributed by atoms with E-state index < -0.39 is 12.0 Å². The fraction of sp³-hybridized carbons (Fsp3) is 0.462. The molecule has 1 unspecified atom stereocenters. The lowest BCUT2D eigenvalue weighted by atomic mass is 10.00. The molecule has 0 fully saturated rings. The Morgan fingerprint density at radius 3 is 2.16 bits per heavy atom. The maximum absolute atomic E-state index is 10.8. The zero-order chi connectivity index (χ0) is 14.4. The fourth-order valence-electron chi connectivity index (χ4n) is 1.77. The Morgan fingerprint density at radius 2 is 1.74 bits per heavy atom. The summed E-state index contributed by atoms with van der Waals surface area (Å²) in [5, 5.41) is 8.88. The van der Waals surface area contributed by atoms with Crippen LogP contribution in [0.2, 0.25) is 0 Å². The van der Waals surface area contributed by atoms with Gasteiger partial charge in [0.1, 0.15) is 6.04 Å². The lowest BCUT2D eigenvalue weighted by Gasteiger charge is -2.16. The van der Waals surface area contributed by atoms with E-state index in [1.165, 1.54) is 14.2 Å². The minimum atomic E-state index is -1.04. The molecule has 0 aliphatic rings. The van der Waals surface area contributed by atoms with Gasteiger partial charge in [0.05, 0.1) is 20.8 Å². The largest absolute Gasteiger partial charge is 0.493 e. The van der Waals surface area contributed by atoms with Crippen LogP contribution in [-0.2, 0) is 22.6 Å². The van der Waals surface area contributed by atoms with Crippen LogP contribution in [0.15, 0.2) is 12.1 Å². The number of nitrogens with two attached hydrogens (primary N) is 1. The van der Waals surface area contributed by atoms with Crippen LogP contribution in [0.5, 0.6) is 11.5 Å². The lowest BCUT2D eigenvalue weighted by Crippen LogP contribution is -2.32. The second-order valence-corrected chi connectivity index (χ2v) is 4.06. The van der Waals surface area contributed by atoms with E-state index in [1.807, 2.05) is 0 Å². The third-order valence-electron chi connectivity index (χ3n) is 2.76. The number of rotatable bonds is 7. The Labute approximate surface area is 112 Å². The van der Waals surface area contributed by atoms with Crippen LogP contribution in [0.1, 0.15) is 11.1 Å². The number of carbonyl (C=O) groups is 1. The fourth-order valence-corrected chi connectivity index (χ4v) is 1.77. The van der Waals surface area contributed by atoms with E-state index in [1.54, 1.807) is 19.2 Å². The Hall–Kier alpha value is -1.79. The predicted octanol–water partition coefficient (Wildman–Crippen LogP) is 0.805. The van der Waals surface area contributed by atoms with Gasteiger partial charge in [-0.25, -0.2) is 0 Å². The van der Waals surface area contributed by atoms with Crippen LogP contribution in [0.3, 0.4) is 0 Å². The van der Waals surface area contributed by atoms with Gasteiger partial charge in [-0.15, -0.1) is 0 Å². The minimum absolute atomic E-state index is 0.203. The summed E-state index contributed by atoms with van der Waals surface area (Å²) >= 11 is 0. The highest BCUT2D eigenvalue weighted by Crippen LogP contribution is 2.31. The van der Waals surface area contributed by atoms with Gasteiger partial charge in [0.2, 0.25) is 0 Å². The van der Waals surface area contributed by atoms with Gasteiger partial charge >= 0.3 is 5.97 Å². The van der Waals surface area contributed by atoms with Gasteiger partial charge in [0, 0.05) is 7.11 Å². The Balaban J connectivity index is 3.15. The number of aliphatic carboxylic acids is 1. The number of hydrogen-bond donors (Lipinski definition) is 2. The van der Waals surface area contributed by atoms with E-state index in [-0.39, 0.29) is 6.42 Å². The van der Waals surface area contributed by atoms with Crippen molar-refractivity contribution in [1.29, 1.82) is 0 Å². The lowest BCUT2D eigenvalue weighted by molar-refractivity contribution is -0.138. The van der Waals surface area contributed by atoms with Crippen molar-refractivity contribution in [2.75, 3.05) is 21.3 Å². The maximum atomic E-state index is 10.8. The van der Waals surface area contributed by atoms with Crippen LogP contribution in [0, 0.1) is 0 Å². The molecule has 1 aromatic carbocycles. The van der Waals surface area contributed by atoms with Gasteiger partial charge in [-0.2, -0.15) is 0 Å². The van der Waals surface area contributed by atoms with Crippen LogP contribution >= 0.6 is 0 Å². The first-order valence-electron chi connectivity index (χ1n) is 5.74. The smallest absolute Gasteiger partial charge is 0.320 e. The normalized spacial score (nSPS) is 12.0. The van der Waals surface area contributed by atoms with Crippen LogP contribution in [-0.4, -0.2) is 38.4 Å². The summed E-state index contributed by atoms with van der Waals surface area (Å²) in [7, 11) is 4.63. The monoisotopic (exact) mass is 269 g/mol. The van der Waals surface area contributed by atoms with E-state index in [0.29, 0.717) is 18.1 Å². The highest BCUT2D eigenvalue weighted by molar-refractivity contribution is 5.73. The van der Waals surface area contributed by atoms with E-state index in [0.717, 1.165) is 11.1 Å². The number of methoxy groups -OCH3 is 3. The summed E-state index contributed by atoms with van der Waals surface area (Å²) in [4.78, 5) is 10.8. The second-order valence-electron chi connectivity index (χ2n) is 4.06. The van der Waals surface area contributed by atoms with Crippen LogP contribution in [0.25, 0.3) is 0 Å². The topological polar surface area (TPSA) is 91.0 Å². The van der Waals surface area contributed by atoms with E-state index in [4.69, 9.17) is 25.1 Å². The first-order chi connectivity index (χ1) is 9.03. The Bertz CT molecular complexity index is 447. The summed E-state index contributed by atoms with van der Waals surface area (Å²) in [5.74, 6) is 0.0651. The second kappa shape index (κ2) is 6.96. The SMILES string of the molecule is COCc1cc(OC)c(OC)cc1CC(N)C(=O)O. The molecule has 0 aliphatic heterocycles. The van der Waals surface area contributed by atoms with Crippen molar-refractivity contribution < 1.29 is 24.1 Å². The van der Waals surface area contributed by atoms with Crippen LogP contribution < -0.4 is 15.2 Å². The molecule has 106 valence electrons. The first kappa shape index (κ1) is 15.3. The number of carboxylic acid groups (broad SMARTS) is 1. The third kappa shape index (κ3) is 3.84. The molecule has 19 heavy (non-hydrogen) atoms. The molecule has 0 heterocycles. The molecule has 6 nitrogen and oxygen atoms in total. The molecule has 3 N–H and O–H groups in total. The highest BCUT2D eigenvalue weighted by Gasteiger charge is 2.17. The van der Waals surface area contributed by atoms with E-state index in [9.17, 15) is 4.79 Å². The molecule has 1 aromatic rings. The Kier molecular flexibility index (Phi) is 5.59. The van der Waals surface area contributed by atoms with Crippen molar-refractivity contribution in [3.8, 4) is 11.5 Å². The number of benzene rings is 1. The molecule has 0 saturated heterocycles. The molecule has 0 aliphatic carbocycles. The van der Waals surface area contributed by atoms with Gasteiger partial charge in [-0.3, -0.25) is 4.79 Å². The molecule has 0 radical (unpaired) electrons. The predicted molar refractivity (Wildman–Crippen MR) is 69.6 cm³/mol. The molecule has 0 saturated carbocycles. The molecule has 0 bridgehead atoms. The average Bonchev–Trinajstić information content (AvgIpc) is 2.39. The molecule has 1 rings (SSSR count). The minimum Gasteiger partial charge on any atom is -0.493 e. The maximum Gasteiger partial charge on any atom is 0.320 e. The number of hydrogen-bond acceptors (Lipinski definition) is 5. The summed E-state index contributed by atoms with van der Waals surface area (Å²) in [5.41, 5.74) is 7.17. The third-order valence-corrected chi connectivity index (χ3v) is 2.76. The molecular formula is C13H19NO5. The quantitative estimate of drug-likeness (QED) is 0.761. The molecule has 6 heteroatoms. The van der Waals surface area contributed by atoms with Crippen molar-refractivity contribution in [3.05, 3.63) is 23.3 Å². The summed E-state index contributed by atoms with van der Waals surface area (Å²) in [6.45, 7) is 0.349. The summed E-state index contributed by atoms with van der Waals surface area (Å²) in [6.07, 6.45) is 0.203. The average molecular weight is 269 g/mol. The van der Waals surface area contributed by atoms with E-state index >= 15 is 0 Å². The van der Waals surface area contributed by atoms with Crippen molar-refractivity contribution in [1.82, 2.24) is 0 Å². The van der Waals surface area contributed by atoms with Gasteiger partial charge in [0.15, 0.2) is 11.5 Å². The molecule has 0 spiro atoms. The molecular weight excluding hydrogens is 250 g/mol. The molecule has 0 aromatic heterocycles. The van der Waals surface area contributed by atoms with Gasteiger partial charge in [0.25, 0.3) is 0 Å². The van der Waals surface area contributed by atoms with E-state index in [2.05, 4.69) is 0 Å². The van der Waals surface area contributed by atoms with Crippen molar-refractivity contribution in [3.63, 3.8) is 0 Å². The van der Waals surface area contributed by atoms with Crippen LogP contribution in [0.4, 0.5) is 0 Å². The first-order valence-corrected chi connectivity index (χ1v) is 5.74. The van der Waals surface area contributed by atoms with Gasteiger partial charge < -0.3 is 25.1 Å². The standard InChI is InChI=1S/C13H19NO5/c1-17-7-9-6-12(19-3)11(18-2)5-8(9)4-10(14)13(15)16/h5-6,10H,4,7,14H2,1-3H3,(H,15,16). The Morgan fingerprint density at radius 1 is 1.21 bits per heavy atom. The van der Waals surface area contributed by atoms with Crippen molar-refractivity contribution in [2.24, 2.45) is 5.73 Å². The zero-order valence-electron chi connectivity index (χ0n) is 11.3. The van der Waals surface area contributed by atoms with Gasteiger partial charge in [-0.1, -0.05) is 0 Å². The number of ether oxygens (including phenoxy) is 3. The van der Waals surface area contributed by atoms with Crippen molar-refractivity contribution in [2.45, 2.75) is 19.1 Å². The number of carboxylic acids is 1. The summed E-state index contributed by atoms with van der Waals surface area (Å²) < 4.78 is 15.5. The van der Waals surface area contributed by atoms with Gasteiger partial charge in [-0.05, 0) is 29.7 Å². The zero-order valence-corrected chi connectivity index (χ0v) is 11.3. The summed E-state index contributed by atoms with van der Waals surface area (Å²) in [6, 6.07) is 2.54. The van der Waals surface area contributed by atoms with Crippen molar-refractivity contribution >= 4 is 5.97 Å².